The molecule has 1 amide bonds. The van der Waals surface area contributed by atoms with Crippen molar-refractivity contribution in [2.75, 3.05) is 31.1 Å². The van der Waals surface area contributed by atoms with Gasteiger partial charge in [0, 0.05) is 50.2 Å². The Hall–Kier alpha value is -2.57. The molecule has 0 saturated carbocycles. The molecule has 5 nitrogen and oxygen atoms in total. The van der Waals surface area contributed by atoms with Gasteiger partial charge in [0.15, 0.2) is 11.6 Å². The fraction of sp³-hybridized carbons (Fsp3) is 0.421. The van der Waals surface area contributed by atoms with Crippen LogP contribution in [0.15, 0.2) is 36.7 Å². The van der Waals surface area contributed by atoms with E-state index in [0.717, 1.165) is 25.9 Å². The number of anilines is 1. The van der Waals surface area contributed by atoms with Gasteiger partial charge in [0.25, 0.3) is 5.91 Å². The zero-order valence-electron chi connectivity index (χ0n) is 14.3. The van der Waals surface area contributed by atoms with Crippen molar-refractivity contribution in [3.63, 3.8) is 0 Å². The third-order valence-electron chi connectivity index (χ3n) is 5.42. The molecule has 4 rings (SSSR count). The zero-order valence-corrected chi connectivity index (χ0v) is 14.3. The molecule has 2 aromatic rings. The highest BCUT2D eigenvalue weighted by Gasteiger charge is 2.37. The molecule has 0 unspecified atom stereocenters. The molecule has 0 spiro atoms. The number of carbonyl (C=O) groups is 1. The predicted molar refractivity (Wildman–Crippen MR) is 92.7 cm³/mol. The average molecular weight is 358 g/mol. The Morgan fingerprint density at radius 2 is 1.77 bits per heavy atom. The number of aromatic nitrogens is 2. The van der Waals surface area contributed by atoms with E-state index < -0.39 is 5.95 Å². The van der Waals surface area contributed by atoms with Crippen LogP contribution in [0.4, 0.5) is 14.6 Å². The highest BCUT2D eigenvalue weighted by atomic mass is 19.1. The van der Waals surface area contributed by atoms with Crippen LogP contribution in [-0.2, 0) is 0 Å². The first-order valence-corrected chi connectivity index (χ1v) is 8.88. The first-order valence-electron chi connectivity index (χ1n) is 8.88. The first kappa shape index (κ1) is 16.9. The fourth-order valence-electron chi connectivity index (χ4n) is 4.05. The normalized spacial score (nSPS) is 22.8. The molecule has 2 aromatic heterocycles. The average Bonchev–Trinajstić information content (AvgIpc) is 2.95. The van der Waals surface area contributed by atoms with Gasteiger partial charge in [-0.25, -0.2) is 14.4 Å². The summed E-state index contributed by atoms with van der Waals surface area (Å²) in [5.41, 5.74) is 0.339. The van der Waals surface area contributed by atoms with E-state index >= 15 is 0 Å². The predicted octanol–water partition coefficient (Wildman–Crippen LogP) is 2.74. The van der Waals surface area contributed by atoms with E-state index in [1.807, 2.05) is 4.90 Å². The molecule has 0 aliphatic carbocycles. The van der Waals surface area contributed by atoms with Gasteiger partial charge in [0.1, 0.15) is 0 Å². The minimum atomic E-state index is -0.641. The minimum absolute atomic E-state index is 0.146. The summed E-state index contributed by atoms with van der Waals surface area (Å²) in [4.78, 5) is 24.1. The lowest BCUT2D eigenvalue weighted by Gasteiger charge is -2.23. The molecule has 2 aliphatic heterocycles. The van der Waals surface area contributed by atoms with Crippen molar-refractivity contribution in [1.29, 1.82) is 0 Å². The highest BCUT2D eigenvalue weighted by molar-refractivity contribution is 5.94. The van der Waals surface area contributed by atoms with Crippen LogP contribution in [0.25, 0.3) is 0 Å². The van der Waals surface area contributed by atoms with Gasteiger partial charge in [0.2, 0.25) is 5.95 Å². The third-order valence-corrected chi connectivity index (χ3v) is 5.42. The molecule has 2 saturated heterocycles. The summed E-state index contributed by atoms with van der Waals surface area (Å²) in [6, 6.07) is 5.76. The summed E-state index contributed by atoms with van der Waals surface area (Å²) in [6.45, 7) is 2.76. The highest BCUT2D eigenvalue weighted by Crippen LogP contribution is 2.34. The van der Waals surface area contributed by atoms with Crippen LogP contribution in [0, 0.1) is 23.6 Å². The lowest BCUT2D eigenvalue weighted by Crippen LogP contribution is -2.31. The maximum Gasteiger partial charge on any atom is 0.254 e. The second kappa shape index (κ2) is 6.97. The van der Waals surface area contributed by atoms with Gasteiger partial charge in [-0.1, -0.05) is 0 Å². The number of amides is 1. The van der Waals surface area contributed by atoms with Crippen molar-refractivity contribution in [3.05, 3.63) is 54.0 Å². The Labute approximate surface area is 150 Å². The minimum Gasteiger partial charge on any atom is -0.354 e. The molecule has 2 atom stereocenters. The Kier molecular flexibility index (Phi) is 4.53. The number of rotatable bonds is 2. The Morgan fingerprint density at radius 1 is 1.04 bits per heavy atom. The second-order valence-electron chi connectivity index (χ2n) is 6.97. The summed E-state index contributed by atoms with van der Waals surface area (Å²) >= 11 is 0. The first-order chi connectivity index (χ1) is 12.6. The molecule has 4 heterocycles. The number of hydrogen-bond donors (Lipinski definition) is 0. The lowest BCUT2D eigenvalue weighted by molar-refractivity contribution is 0.0782. The summed E-state index contributed by atoms with van der Waals surface area (Å²) < 4.78 is 27.3. The number of halogens is 2. The van der Waals surface area contributed by atoms with Crippen molar-refractivity contribution in [2.45, 2.75) is 12.8 Å². The maximum absolute atomic E-state index is 14.0. The van der Waals surface area contributed by atoms with E-state index in [4.69, 9.17) is 0 Å². The number of nitrogens with zero attached hydrogens (tertiary/aromatic N) is 4. The molecular weight excluding hydrogens is 338 g/mol. The number of hydrogen-bond acceptors (Lipinski definition) is 4. The van der Waals surface area contributed by atoms with Crippen LogP contribution in [0.2, 0.25) is 0 Å². The van der Waals surface area contributed by atoms with Crippen LogP contribution in [-0.4, -0.2) is 47.0 Å². The number of fused-ring (bicyclic) bond motifs is 1. The maximum atomic E-state index is 14.0. The molecule has 0 N–H and O–H groups in total. The summed E-state index contributed by atoms with van der Waals surface area (Å²) in [5.74, 6) is 0.0813. The van der Waals surface area contributed by atoms with Gasteiger partial charge in [-0.15, -0.1) is 0 Å². The van der Waals surface area contributed by atoms with E-state index in [1.165, 1.54) is 18.3 Å². The van der Waals surface area contributed by atoms with Crippen molar-refractivity contribution in [2.24, 2.45) is 11.8 Å². The number of likely N-dealkylation sites (tertiary alicyclic amines) is 1. The molecule has 0 aromatic carbocycles. The van der Waals surface area contributed by atoms with Crippen molar-refractivity contribution >= 4 is 11.7 Å². The molecule has 136 valence electrons. The molecule has 0 radical (unpaired) electrons. The van der Waals surface area contributed by atoms with Crippen LogP contribution >= 0.6 is 0 Å². The molecule has 2 aliphatic rings. The van der Waals surface area contributed by atoms with Gasteiger partial charge in [0.05, 0.1) is 0 Å². The van der Waals surface area contributed by atoms with E-state index in [-0.39, 0.29) is 11.7 Å². The smallest absolute Gasteiger partial charge is 0.254 e. The second-order valence-corrected chi connectivity index (χ2v) is 6.97. The van der Waals surface area contributed by atoms with Crippen LogP contribution in [0.5, 0.6) is 0 Å². The quantitative estimate of drug-likeness (QED) is 0.775. The topological polar surface area (TPSA) is 49.3 Å². The van der Waals surface area contributed by atoms with Crippen molar-refractivity contribution < 1.29 is 13.6 Å². The van der Waals surface area contributed by atoms with E-state index in [1.54, 1.807) is 23.2 Å². The summed E-state index contributed by atoms with van der Waals surface area (Å²) in [5, 5.41) is 0. The van der Waals surface area contributed by atoms with Gasteiger partial charge in [-0.05, 0) is 42.9 Å². The number of carbonyl (C=O) groups excluding carboxylic acids is 1. The Balaban J connectivity index is 1.42. The molecular formula is C19H20F2N4O. The zero-order chi connectivity index (χ0) is 18.1. The summed E-state index contributed by atoms with van der Waals surface area (Å²) in [7, 11) is 0. The summed E-state index contributed by atoms with van der Waals surface area (Å²) in [6.07, 6.45) is 4.69. The fourth-order valence-corrected chi connectivity index (χ4v) is 4.05. The van der Waals surface area contributed by atoms with Gasteiger partial charge < -0.3 is 9.80 Å². The largest absolute Gasteiger partial charge is 0.354 e. The lowest BCUT2D eigenvalue weighted by atomic mass is 9.92. The molecule has 2 fully saturated rings. The van der Waals surface area contributed by atoms with Gasteiger partial charge in [-0.2, -0.15) is 4.39 Å². The van der Waals surface area contributed by atoms with Crippen LogP contribution in [0.3, 0.4) is 0 Å². The third kappa shape index (κ3) is 3.25. The van der Waals surface area contributed by atoms with Gasteiger partial charge in [-0.3, -0.25) is 4.79 Å². The van der Waals surface area contributed by atoms with Crippen molar-refractivity contribution in [3.8, 4) is 0 Å². The van der Waals surface area contributed by atoms with Crippen LogP contribution in [0.1, 0.15) is 23.2 Å². The van der Waals surface area contributed by atoms with Crippen molar-refractivity contribution in [1.82, 2.24) is 14.9 Å². The Morgan fingerprint density at radius 3 is 2.42 bits per heavy atom. The molecule has 26 heavy (non-hydrogen) atoms. The Bertz CT molecular complexity index is 800. The molecule has 7 heteroatoms. The van der Waals surface area contributed by atoms with E-state index in [2.05, 4.69) is 9.97 Å². The van der Waals surface area contributed by atoms with Crippen LogP contribution < -0.4 is 4.90 Å². The molecule has 0 bridgehead atoms. The number of pyridine rings is 2. The van der Waals surface area contributed by atoms with E-state index in [9.17, 15) is 13.6 Å². The standard InChI is InChI=1S/C19H20F2N4O/c20-16-2-1-6-23-18(16)24-8-4-14-11-25(12-15(14)5-9-24)19(26)13-3-7-22-17(21)10-13/h1-3,6-7,10,14-15H,4-5,8-9,11-12H2/t14-,15+. The monoisotopic (exact) mass is 358 g/mol. The van der Waals surface area contributed by atoms with E-state index in [0.29, 0.717) is 36.3 Å². The van der Waals surface area contributed by atoms with Gasteiger partial charge >= 0.3 is 0 Å². The SMILES string of the molecule is O=C(c1ccnc(F)c1)N1C[C@H]2CCN(c3ncccc3F)CC[C@H]2C1.